The summed E-state index contributed by atoms with van der Waals surface area (Å²) in [6.07, 6.45) is 0. The summed E-state index contributed by atoms with van der Waals surface area (Å²) in [6, 6.07) is 15.1. The quantitative estimate of drug-likeness (QED) is 0.565. The van der Waals surface area contributed by atoms with Gasteiger partial charge in [-0.05, 0) is 52.4 Å². The maximum atomic E-state index is 11.9. The molecule has 0 aliphatic rings. The van der Waals surface area contributed by atoms with Crippen LogP contribution in [0.1, 0.15) is 15.9 Å². The summed E-state index contributed by atoms with van der Waals surface area (Å²) in [5.74, 6) is 0.804. The van der Waals surface area contributed by atoms with Crippen molar-refractivity contribution in [1.82, 2.24) is 0 Å². The molecule has 0 spiro atoms. The van der Waals surface area contributed by atoms with Crippen LogP contribution < -0.4 is 4.74 Å². The highest BCUT2D eigenvalue weighted by atomic mass is 127. The van der Waals surface area contributed by atoms with Gasteiger partial charge in [-0.1, -0.05) is 24.3 Å². The maximum absolute atomic E-state index is 11.9. The van der Waals surface area contributed by atoms with Crippen LogP contribution >= 0.6 is 22.6 Å². The fourth-order valence-corrected chi connectivity index (χ4v) is 2.06. The first-order chi connectivity index (χ1) is 9.69. The summed E-state index contributed by atoms with van der Waals surface area (Å²) < 4.78 is 11.6. The minimum Gasteiger partial charge on any atom is -0.497 e. The van der Waals surface area contributed by atoms with Gasteiger partial charge >= 0.3 is 0 Å². The van der Waals surface area contributed by atoms with Crippen molar-refractivity contribution in [3.05, 3.63) is 63.2 Å². The molecule has 0 aromatic heterocycles. The Bertz CT molecular complexity index is 561. The molecule has 20 heavy (non-hydrogen) atoms. The highest BCUT2D eigenvalue weighted by molar-refractivity contribution is 14.1. The van der Waals surface area contributed by atoms with Crippen LogP contribution in [0.4, 0.5) is 0 Å². The van der Waals surface area contributed by atoms with Crippen LogP contribution in [0, 0.1) is 3.57 Å². The van der Waals surface area contributed by atoms with Gasteiger partial charge in [-0.15, -0.1) is 0 Å². The van der Waals surface area contributed by atoms with Gasteiger partial charge < -0.3 is 9.47 Å². The summed E-state index contributed by atoms with van der Waals surface area (Å²) >= 11 is 2.21. The van der Waals surface area contributed by atoms with E-state index in [1.807, 2.05) is 48.5 Å². The van der Waals surface area contributed by atoms with Gasteiger partial charge in [0.25, 0.3) is 0 Å². The summed E-state index contributed by atoms with van der Waals surface area (Å²) in [4.78, 5) is 11.9. The molecule has 0 bridgehead atoms. The van der Waals surface area contributed by atoms with Crippen molar-refractivity contribution in [2.75, 3.05) is 13.7 Å². The molecule has 0 aliphatic carbocycles. The van der Waals surface area contributed by atoms with E-state index in [9.17, 15) is 4.79 Å². The second kappa shape index (κ2) is 7.40. The van der Waals surface area contributed by atoms with E-state index in [-0.39, 0.29) is 12.4 Å². The Morgan fingerprint density at radius 2 is 1.70 bits per heavy atom. The molecule has 0 saturated carbocycles. The second-order valence-electron chi connectivity index (χ2n) is 4.27. The third kappa shape index (κ3) is 4.31. The van der Waals surface area contributed by atoms with Crippen molar-refractivity contribution < 1.29 is 14.3 Å². The average molecular weight is 382 g/mol. The number of methoxy groups -OCH3 is 1. The summed E-state index contributed by atoms with van der Waals surface area (Å²) in [6.45, 7) is 0.507. The summed E-state index contributed by atoms with van der Waals surface area (Å²) in [5, 5.41) is 0. The predicted octanol–water partition coefficient (Wildman–Crippen LogP) is 3.70. The van der Waals surface area contributed by atoms with Gasteiger partial charge in [0.05, 0.1) is 13.7 Å². The van der Waals surface area contributed by atoms with Crippen LogP contribution in [0.3, 0.4) is 0 Å². The zero-order valence-electron chi connectivity index (χ0n) is 11.1. The van der Waals surface area contributed by atoms with Gasteiger partial charge in [0.1, 0.15) is 12.4 Å². The van der Waals surface area contributed by atoms with E-state index in [2.05, 4.69) is 22.6 Å². The molecule has 0 aliphatic heterocycles. The number of carbonyl (C=O) groups is 1. The average Bonchev–Trinajstić information content (AvgIpc) is 2.48. The highest BCUT2D eigenvalue weighted by Gasteiger charge is 2.05. The van der Waals surface area contributed by atoms with Crippen molar-refractivity contribution in [3.8, 4) is 5.75 Å². The topological polar surface area (TPSA) is 35.5 Å². The molecule has 0 fully saturated rings. The van der Waals surface area contributed by atoms with E-state index in [4.69, 9.17) is 9.47 Å². The smallest absolute Gasteiger partial charge is 0.188 e. The fraction of sp³-hybridized carbons (Fsp3) is 0.188. The van der Waals surface area contributed by atoms with Gasteiger partial charge in [-0.25, -0.2) is 0 Å². The van der Waals surface area contributed by atoms with E-state index < -0.39 is 0 Å². The molecule has 2 aromatic rings. The van der Waals surface area contributed by atoms with Gasteiger partial charge in [0.2, 0.25) is 0 Å². The Morgan fingerprint density at radius 3 is 2.30 bits per heavy atom. The largest absolute Gasteiger partial charge is 0.497 e. The van der Waals surface area contributed by atoms with Crippen molar-refractivity contribution >= 4 is 28.4 Å². The number of hydrogen-bond acceptors (Lipinski definition) is 3. The van der Waals surface area contributed by atoms with Crippen LogP contribution in [0.15, 0.2) is 48.5 Å². The monoisotopic (exact) mass is 382 g/mol. The Hall–Kier alpha value is -1.40. The molecule has 2 aromatic carbocycles. The van der Waals surface area contributed by atoms with E-state index >= 15 is 0 Å². The van der Waals surface area contributed by atoms with Gasteiger partial charge in [0.15, 0.2) is 5.78 Å². The van der Waals surface area contributed by atoms with Gasteiger partial charge in [-0.2, -0.15) is 0 Å². The third-order valence-electron chi connectivity index (χ3n) is 2.83. The number of Topliss-reactive ketones (excluding diaryl/α,β-unsaturated/α-hetero) is 1. The van der Waals surface area contributed by atoms with E-state index in [0.717, 1.165) is 14.9 Å². The van der Waals surface area contributed by atoms with E-state index in [1.54, 1.807) is 7.11 Å². The van der Waals surface area contributed by atoms with Crippen LogP contribution in [0.5, 0.6) is 5.75 Å². The second-order valence-corrected chi connectivity index (χ2v) is 5.52. The molecule has 0 atom stereocenters. The van der Waals surface area contributed by atoms with E-state index in [1.165, 1.54) is 0 Å². The first-order valence-electron chi connectivity index (χ1n) is 6.18. The van der Waals surface area contributed by atoms with Crippen molar-refractivity contribution in [3.63, 3.8) is 0 Å². The first-order valence-corrected chi connectivity index (χ1v) is 7.26. The first kappa shape index (κ1) is 15.0. The van der Waals surface area contributed by atoms with Crippen LogP contribution in [-0.4, -0.2) is 19.5 Å². The molecule has 4 heteroatoms. The minimum absolute atomic E-state index is 0.00471. The molecule has 0 radical (unpaired) electrons. The molecule has 0 heterocycles. The molecular formula is C16H15IO3. The number of ether oxygens (including phenoxy) is 2. The minimum atomic E-state index is -0.00471. The standard InChI is InChI=1S/C16H15IO3/c1-19-15-8-2-12(3-9-15)10-20-11-16(18)13-4-6-14(17)7-5-13/h2-9H,10-11H2,1H3. The Kier molecular flexibility index (Phi) is 5.55. The zero-order chi connectivity index (χ0) is 14.4. The number of ketones is 1. The molecule has 3 nitrogen and oxygen atoms in total. The molecular weight excluding hydrogens is 367 g/mol. The van der Waals surface area contributed by atoms with Gasteiger partial charge in [0, 0.05) is 9.13 Å². The Morgan fingerprint density at radius 1 is 1.05 bits per heavy atom. The zero-order valence-corrected chi connectivity index (χ0v) is 13.3. The van der Waals surface area contributed by atoms with Crippen LogP contribution in [-0.2, 0) is 11.3 Å². The highest BCUT2D eigenvalue weighted by Crippen LogP contribution is 2.12. The van der Waals surface area contributed by atoms with Crippen molar-refractivity contribution in [2.45, 2.75) is 6.61 Å². The predicted molar refractivity (Wildman–Crippen MR) is 86.1 cm³/mol. The number of carbonyl (C=O) groups excluding carboxylic acids is 1. The lowest BCUT2D eigenvalue weighted by Crippen LogP contribution is -2.09. The SMILES string of the molecule is COc1ccc(COCC(=O)c2ccc(I)cc2)cc1. The number of halogens is 1. The summed E-state index contributed by atoms with van der Waals surface area (Å²) in [5.41, 5.74) is 1.70. The molecule has 0 saturated heterocycles. The summed E-state index contributed by atoms with van der Waals surface area (Å²) in [7, 11) is 1.63. The fourth-order valence-electron chi connectivity index (χ4n) is 1.70. The number of hydrogen-bond donors (Lipinski definition) is 0. The van der Waals surface area contributed by atoms with Crippen molar-refractivity contribution in [1.29, 1.82) is 0 Å². The Balaban J connectivity index is 1.82. The van der Waals surface area contributed by atoms with Crippen molar-refractivity contribution in [2.24, 2.45) is 0 Å². The molecule has 104 valence electrons. The lowest BCUT2D eigenvalue weighted by molar-refractivity contribution is 0.0726. The maximum Gasteiger partial charge on any atom is 0.188 e. The normalized spacial score (nSPS) is 10.3. The molecule has 0 unspecified atom stereocenters. The third-order valence-corrected chi connectivity index (χ3v) is 3.55. The lowest BCUT2D eigenvalue weighted by Gasteiger charge is -2.05. The molecule has 0 amide bonds. The lowest BCUT2D eigenvalue weighted by atomic mass is 10.1. The number of benzene rings is 2. The molecule has 0 N–H and O–H groups in total. The van der Waals surface area contributed by atoms with Gasteiger partial charge in [-0.3, -0.25) is 4.79 Å². The van der Waals surface area contributed by atoms with E-state index in [0.29, 0.717) is 12.2 Å². The Labute approximate surface area is 132 Å². The van der Waals surface area contributed by atoms with Crippen LogP contribution in [0.2, 0.25) is 0 Å². The van der Waals surface area contributed by atoms with Crippen LogP contribution in [0.25, 0.3) is 0 Å². The molecule has 2 rings (SSSR count). The number of rotatable bonds is 6.